The van der Waals surface area contributed by atoms with Crippen molar-refractivity contribution in [2.75, 3.05) is 20.1 Å². The van der Waals surface area contributed by atoms with Gasteiger partial charge in [-0.1, -0.05) is 48.0 Å². The maximum atomic E-state index is 11.5. The maximum Gasteiger partial charge on any atom is 0.107 e. The molecule has 1 saturated carbocycles. The summed E-state index contributed by atoms with van der Waals surface area (Å²) in [5.41, 5.74) is 5.71. The Morgan fingerprint density at radius 3 is 2.66 bits per heavy atom. The highest BCUT2D eigenvalue weighted by molar-refractivity contribution is 5.74. The van der Waals surface area contributed by atoms with Crippen molar-refractivity contribution in [1.29, 1.82) is 0 Å². The second-order valence-corrected chi connectivity index (χ2v) is 10.0. The number of hydrogen-bond donors (Lipinski definition) is 2. The molecule has 0 radical (unpaired) electrons. The lowest BCUT2D eigenvalue weighted by Crippen LogP contribution is -2.48. The standard InChI is InChI=1S/C28H35N3O/c1-20-9-11-21(12-10-20)24-18-23-14-13-22(24)19-28(23,32)15-17-31(2)16-5-8-27-29-25-6-3-4-7-26(25)30-27/h3-4,6-7,9-12,18,22-23,32H,5,8,13-17,19H2,1-2H3,(H,29,30)/t22-,23-,28+/m0/s1. The van der Waals surface area contributed by atoms with Crippen molar-refractivity contribution in [2.45, 2.75) is 51.0 Å². The van der Waals surface area contributed by atoms with Crippen molar-refractivity contribution in [3.8, 4) is 0 Å². The predicted molar refractivity (Wildman–Crippen MR) is 131 cm³/mol. The lowest BCUT2D eigenvalue weighted by atomic mass is 9.61. The van der Waals surface area contributed by atoms with E-state index in [4.69, 9.17) is 0 Å². The molecule has 0 unspecified atom stereocenters. The summed E-state index contributed by atoms with van der Waals surface area (Å²) in [5, 5.41) is 11.5. The first-order chi connectivity index (χ1) is 15.5. The van der Waals surface area contributed by atoms with Crippen LogP contribution in [0.5, 0.6) is 0 Å². The van der Waals surface area contributed by atoms with Crippen molar-refractivity contribution in [1.82, 2.24) is 14.9 Å². The quantitative estimate of drug-likeness (QED) is 0.506. The number of para-hydroxylation sites is 2. The number of rotatable bonds is 8. The average molecular weight is 430 g/mol. The Balaban J connectivity index is 1.14. The Hall–Kier alpha value is -2.43. The second-order valence-electron chi connectivity index (χ2n) is 10.0. The maximum absolute atomic E-state index is 11.5. The van der Waals surface area contributed by atoms with Crippen LogP contribution in [-0.2, 0) is 6.42 Å². The molecule has 32 heavy (non-hydrogen) atoms. The number of aromatic nitrogens is 2. The molecule has 3 aliphatic rings. The second kappa shape index (κ2) is 8.84. The zero-order valence-electron chi connectivity index (χ0n) is 19.3. The first kappa shape index (κ1) is 21.4. The molecule has 1 fully saturated rings. The summed E-state index contributed by atoms with van der Waals surface area (Å²) < 4.78 is 0. The summed E-state index contributed by atoms with van der Waals surface area (Å²) in [4.78, 5) is 10.5. The Morgan fingerprint density at radius 1 is 1.09 bits per heavy atom. The van der Waals surface area contributed by atoms with Crippen LogP contribution in [0.2, 0.25) is 0 Å². The zero-order chi connectivity index (χ0) is 22.1. The van der Waals surface area contributed by atoms with E-state index in [-0.39, 0.29) is 5.92 Å². The lowest BCUT2D eigenvalue weighted by molar-refractivity contribution is -0.0574. The normalized spacial score (nSPS) is 24.9. The van der Waals surface area contributed by atoms with Gasteiger partial charge in [0.05, 0.1) is 16.6 Å². The summed E-state index contributed by atoms with van der Waals surface area (Å²) in [6.45, 7) is 4.09. The molecule has 0 aliphatic heterocycles. The molecule has 4 nitrogen and oxygen atoms in total. The summed E-state index contributed by atoms with van der Waals surface area (Å²) in [5.74, 6) is 1.84. The van der Waals surface area contributed by atoms with Gasteiger partial charge in [0.25, 0.3) is 0 Å². The molecule has 3 aromatic rings. The molecule has 168 valence electrons. The first-order valence-electron chi connectivity index (χ1n) is 12.1. The van der Waals surface area contributed by atoms with Crippen LogP contribution in [0.1, 0.15) is 49.1 Å². The van der Waals surface area contributed by atoms with Crippen LogP contribution in [0.25, 0.3) is 16.6 Å². The van der Waals surface area contributed by atoms with Crippen molar-refractivity contribution < 1.29 is 5.11 Å². The fourth-order valence-electron chi connectivity index (χ4n) is 5.69. The number of benzene rings is 2. The highest BCUT2D eigenvalue weighted by Crippen LogP contribution is 2.51. The molecule has 2 N–H and O–H groups in total. The number of H-pyrrole nitrogens is 1. The average Bonchev–Trinajstić information content (AvgIpc) is 3.21. The van der Waals surface area contributed by atoms with Gasteiger partial charge < -0.3 is 15.0 Å². The van der Waals surface area contributed by atoms with E-state index in [1.807, 2.05) is 12.1 Å². The Labute approximate surface area is 191 Å². The van der Waals surface area contributed by atoms with Crippen molar-refractivity contribution in [3.05, 3.63) is 71.6 Å². The number of aliphatic hydroxyl groups is 1. The Morgan fingerprint density at radius 2 is 1.91 bits per heavy atom. The van der Waals surface area contributed by atoms with E-state index >= 15 is 0 Å². The van der Waals surface area contributed by atoms with E-state index in [2.05, 4.69) is 71.3 Å². The van der Waals surface area contributed by atoms with Crippen LogP contribution >= 0.6 is 0 Å². The van der Waals surface area contributed by atoms with Gasteiger partial charge in [0.15, 0.2) is 0 Å². The van der Waals surface area contributed by atoms with E-state index in [0.717, 1.165) is 62.1 Å². The molecular weight excluding hydrogens is 394 g/mol. The van der Waals surface area contributed by atoms with Crippen LogP contribution in [0, 0.1) is 18.8 Å². The first-order valence-corrected chi connectivity index (χ1v) is 12.1. The van der Waals surface area contributed by atoms with Crippen LogP contribution in [0.15, 0.2) is 54.6 Å². The topological polar surface area (TPSA) is 52.1 Å². The van der Waals surface area contributed by atoms with Crippen LogP contribution in [-0.4, -0.2) is 45.7 Å². The molecular formula is C28H35N3O. The molecule has 2 aromatic carbocycles. The van der Waals surface area contributed by atoms with Crippen LogP contribution < -0.4 is 0 Å². The minimum Gasteiger partial charge on any atom is -0.389 e. The minimum atomic E-state index is -0.551. The lowest BCUT2D eigenvalue weighted by Gasteiger charge is -2.48. The van der Waals surface area contributed by atoms with E-state index < -0.39 is 5.60 Å². The molecule has 6 rings (SSSR count). The number of nitrogens with zero attached hydrogens (tertiary/aromatic N) is 2. The largest absolute Gasteiger partial charge is 0.389 e. The van der Waals surface area contributed by atoms with Crippen LogP contribution in [0.4, 0.5) is 0 Å². The van der Waals surface area contributed by atoms with Crippen molar-refractivity contribution in [2.24, 2.45) is 11.8 Å². The number of aromatic amines is 1. The Bertz CT molecular complexity index is 1070. The third-order valence-electron chi connectivity index (χ3n) is 7.64. The van der Waals surface area contributed by atoms with Gasteiger partial charge in [-0.05, 0) is 81.8 Å². The molecule has 3 atom stereocenters. The molecule has 1 heterocycles. The van der Waals surface area contributed by atoms with Gasteiger partial charge in [-0.15, -0.1) is 0 Å². The van der Waals surface area contributed by atoms with Gasteiger partial charge in [-0.2, -0.15) is 0 Å². The van der Waals surface area contributed by atoms with Gasteiger partial charge in [-0.25, -0.2) is 4.98 Å². The van der Waals surface area contributed by atoms with Gasteiger partial charge in [0.2, 0.25) is 0 Å². The van der Waals surface area contributed by atoms with Gasteiger partial charge in [0, 0.05) is 18.9 Å². The van der Waals surface area contributed by atoms with Gasteiger partial charge >= 0.3 is 0 Å². The molecule has 1 aromatic heterocycles. The SMILES string of the molecule is Cc1ccc(C2=C[C@@H]3CC[C@H]2C[C@]3(O)CCN(C)CCCc2nc3ccccc3[nH]2)cc1. The highest BCUT2D eigenvalue weighted by atomic mass is 16.3. The number of imidazole rings is 1. The van der Waals surface area contributed by atoms with E-state index in [0.29, 0.717) is 5.92 Å². The van der Waals surface area contributed by atoms with E-state index in [1.54, 1.807) is 0 Å². The van der Waals surface area contributed by atoms with Crippen LogP contribution in [0.3, 0.4) is 0 Å². The van der Waals surface area contributed by atoms with E-state index in [1.165, 1.54) is 23.1 Å². The molecule has 0 spiro atoms. The van der Waals surface area contributed by atoms with Gasteiger partial charge in [-0.3, -0.25) is 0 Å². The number of hydrogen-bond acceptors (Lipinski definition) is 3. The summed E-state index contributed by atoms with van der Waals surface area (Å²) >= 11 is 0. The van der Waals surface area contributed by atoms with E-state index in [9.17, 15) is 5.11 Å². The fourth-order valence-corrected chi connectivity index (χ4v) is 5.69. The fraction of sp³-hybridized carbons (Fsp3) is 0.464. The smallest absolute Gasteiger partial charge is 0.107 e. The molecule has 4 heteroatoms. The van der Waals surface area contributed by atoms with Crippen molar-refractivity contribution >= 4 is 16.6 Å². The number of allylic oxidation sites excluding steroid dienone is 1. The third-order valence-corrected chi connectivity index (χ3v) is 7.64. The monoisotopic (exact) mass is 429 g/mol. The molecule has 0 saturated heterocycles. The Kier molecular flexibility index (Phi) is 5.92. The molecule has 0 amide bonds. The third kappa shape index (κ3) is 4.39. The summed E-state index contributed by atoms with van der Waals surface area (Å²) in [6, 6.07) is 17.1. The predicted octanol–water partition coefficient (Wildman–Crippen LogP) is 5.37. The molecule has 2 bridgehead atoms. The number of fused-ring (bicyclic) bond motifs is 3. The van der Waals surface area contributed by atoms with Crippen molar-refractivity contribution in [3.63, 3.8) is 0 Å². The summed E-state index contributed by atoms with van der Waals surface area (Å²) in [6.07, 6.45) is 8.50. The number of aryl methyl sites for hydroxylation is 2. The highest BCUT2D eigenvalue weighted by Gasteiger charge is 2.46. The number of nitrogens with one attached hydrogen (secondary N) is 1. The molecule has 3 aliphatic carbocycles. The zero-order valence-corrected chi connectivity index (χ0v) is 19.3. The summed E-state index contributed by atoms with van der Waals surface area (Å²) in [7, 11) is 2.18. The van der Waals surface area contributed by atoms with Gasteiger partial charge in [0.1, 0.15) is 5.82 Å². The minimum absolute atomic E-state index is 0.285.